The molecule has 0 bridgehead atoms. The maximum absolute atomic E-state index is 11.0. The van der Waals surface area contributed by atoms with E-state index in [1.807, 2.05) is 11.9 Å². The highest BCUT2D eigenvalue weighted by Crippen LogP contribution is 2.30. The lowest BCUT2D eigenvalue weighted by molar-refractivity contribution is -0.383. The zero-order valence-corrected chi connectivity index (χ0v) is 15.3. The fourth-order valence-electron chi connectivity index (χ4n) is 2.76. The smallest absolute Gasteiger partial charge is 0.300 e. The third-order valence-electron chi connectivity index (χ3n) is 4.16. The van der Waals surface area contributed by atoms with Gasteiger partial charge in [0.15, 0.2) is 5.52 Å². The quantitative estimate of drug-likeness (QED) is 0.473. The Labute approximate surface area is 147 Å². The summed E-state index contributed by atoms with van der Waals surface area (Å²) in [6.07, 6.45) is 2.13. The summed E-state index contributed by atoms with van der Waals surface area (Å²) >= 11 is 0. The van der Waals surface area contributed by atoms with Crippen molar-refractivity contribution in [3.63, 3.8) is 0 Å². The molecule has 0 atom stereocenters. The van der Waals surface area contributed by atoms with Crippen LogP contribution in [-0.4, -0.2) is 79.4 Å². The molecule has 25 heavy (non-hydrogen) atoms. The highest BCUT2D eigenvalue weighted by Gasteiger charge is 2.21. The van der Waals surface area contributed by atoms with Gasteiger partial charge in [-0.3, -0.25) is 10.1 Å². The molecule has 9 nitrogen and oxygen atoms in total. The molecule has 0 fully saturated rings. The highest BCUT2D eigenvalue weighted by molar-refractivity contribution is 5.93. The maximum Gasteiger partial charge on any atom is 0.300 e. The molecule has 1 aromatic heterocycles. The Bertz CT molecular complexity index is 702. The van der Waals surface area contributed by atoms with Gasteiger partial charge in [-0.1, -0.05) is 0 Å². The SMILES string of the molecule is CN(C)CCCN(C)CCCN(C)c1ccc([N+](=O)[O-])c2nonc12. The van der Waals surface area contributed by atoms with Crippen LogP contribution in [0, 0.1) is 10.1 Å². The molecule has 2 aromatic rings. The minimum atomic E-state index is -0.473. The van der Waals surface area contributed by atoms with Crippen LogP contribution in [0.15, 0.2) is 16.8 Å². The molecule has 9 heteroatoms. The highest BCUT2D eigenvalue weighted by atomic mass is 16.6. The molecule has 0 unspecified atom stereocenters. The van der Waals surface area contributed by atoms with Gasteiger partial charge in [-0.15, -0.1) is 0 Å². The number of nitro groups is 1. The Kier molecular flexibility index (Phi) is 6.65. The van der Waals surface area contributed by atoms with E-state index in [2.05, 4.69) is 41.3 Å². The molecule has 0 aliphatic heterocycles. The van der Waals surface area contributed by atoms with Crippen molar-refractivity contribution in [2.24, 2.45) is 0 Å². The van der Waals surface area contributed by atoms with Gasteiger partial charge in [0.2, 0.25) is 5.52 Å². The van der Waals surface area contributed by atoms with Gasteiger partial charge in [0.05, 0.1) is 10.6 Å². The van der Waals surface area contributed by atoms with E-state index in [0.29, 0.717) is 5.52 Å². The average molecular weight is 350 g/mol. The molecule has 2 rings (SSSR count). The molecular weight excluding hydrogens is 324 g/mol. The number of non-ortho nitro benzene ring substituents is 1. The largest absolute Gasteiger partial charge is 0.373 e. The fourth-order valence-corrected chi connectivity index (χ4v) is 2.76. The first-order valence-electron chi connectivity index (χ1n) is 8.34. The number of nitro benzene ring substituents is 1. The van der Waals surface area contributed by atoms with Gasteiger partial charge in [-0.05, 0) is 70.0 Å². The molecule has 0 spiro atoms. The first kappa shape index (κ1) is 19.1. The van der Waals surface area contributed by atoms with Crippen LogP contribution in [0.4, 0.5) is 11.4 Å². The lowest BCUT2D eigenvalue weighted by atomic mass is 10.2. The number of nitrogens with zero attached hydrogens (tertiary/aromatic N) is 6. The Balaban J connectivity index is 1.90. The summed E-state index contributed by atoms with van der Waals surface area (Å²) in [5.74, 6) is 0. The number of anilines is 1. The second kappa shape index (κ2) is 8.72. The minimum absolute atomic E-state index is 0.0889. The van der Waals surface area contributed by atoms with Crippen molar-refractivity contribution in [2.75, 3.05) is 59.3 Å². The molecule has 1 heterocycles. The van der Waals surface area contributed by atoms with Gasteiger partial charge < -0.3 is 14.7 Å². The second-order valence-electron chi connectivity index (χ2n) is 6.56. The molecule has 1 aromatic carbocycles. The van der Waals surface area contributed by atoms with Crippen molar-refractivity contribution in [1.82, 2.24) is 20.1 Å². The van der Waals surface area contributed by atoms with Crippen molar-refractivity contribution >= 4 is 22.4 Å². The summed E-state index contributed by atoms with van der Waals surface area (Å²) in [7, 11) is 8.24. The van der Waals surface area contributed by atoms with Gasteiger partial charge in [0.25, 0.3) is 0 Å². The number of hydrogen-bond donors (Lipinski definition) is 0. The number of aromatic nitrogens is 2. The van der Waals surface area contributed by atoms with E-state index in [-0.39, 0.29) is 11.2 Å². The van der Waals surface area contributed by atoms with Gasteiger partial charge in [-0.2, -0.15) is 0 Å². The molecule has 138 valence electrons. The zero-order valence-electron chi connectivity index (χ0n) is 15.3. The van der Waals surface area contributed by atoms with Gasteiger partial charge in [-0.25, -0.2) is 4.63 Å². The molecule has 0 aliphatic carbocycles. The van der Waals surface area contributed by atoms with E-state index in [9.17, 15) is 10.1 Å². The summed E-state index contributed by atoms with van der Waals surface area (Å²) < 4.78 is 4.71. The lowest BCUT2D eigenvalue weighted by Gasteiger charge is -2.22. The third kappa shape index (κ3) is 5.10. The molecule has 0 saturated heterocycles. The summed E-state index contributed by atoms with van der Waals surface area (Å²) in [6, 6.07) is 3.15. The van der Waals surface area contributed by atoms with Crippen LogP contribution in [0.1, 0.15) is 12.8 Å². The van der Waals surface area contributed by atoms with E-state index < -0.39 is 4.92 Å². The fraction of sp³-hybridized carbons (Fsp3) is 0.625. The predicted octanol–water partition coefficient (Wildman–Crippen LogP) is 1.84. The molecule has 0 radical (unpaired) electrons. The van der Waals surface area contributed by atoms with E-state index in [1.54, 1.807) is 6.07 Å². The molecule has 0 amide bonds. The minimum Gasteiger partial charge on any atom is -0.373 e. The summed E-state index contributed by atoms with van der Waals surface area (Å²) in [5, 5.41) is 18.6. The van der Waals surface area contributed by atoms with Crippen LogP contribution < -0.4 is 4.90 Å². The second-order valence-corrected chi connectivity index (χ2v) is 6.56. The van der Waals surface area contributed by atoms with Crippen molar-refractivity contribution in [3.8, 4) is 0 Å². The summed E-state index contributed by atoms with van der Waals surface area (Å²) in [4.78, 5) is 17.1. The van der Waals surface area contributed by atoms with E-state index >= 15 is 0 Å². The number of benzene rings is 1. The Morgan fingerprint density at radius 2 is 1.64 bits per heavy atom. The lowest BCUT2D eigenvalue weighted by Crippen LogP contribution is -2.28. The first-order chi connectivity index (χ1) is 11.9. The Morgan fingerprint density at radius 1 is 1.00 bits per heavy atom. The molecule has 0 N–H and O–H groups in total. The standard InChI is InChI=1S/C16H26N6O3/c1-19(2)9-5-10-20(3)11-6-12-21(4)13-7-8-14(22(23)24)16-15(13)17-25-18-16/h7-8H,5-6,9-12H2,1-4H3. The van der Waals surface area contributed by atoms with Gasteiger partial charge >= 0.3 is 5.69 Å². The zero-order chi connectivity index (χ0) is 18.4. The van der Waals surface area contributed by atoms with Crippen LogP contribution in [0.3, 0.4) is 0 Å². The van der Waals surface area contributed by atoms with E-state index in [4.69, 9.17) is 4.63 Å². The number of fused-ring (bicyclic) bond motifs is 1. The van der Waals surface area contributed by atoms with Crippen molar-refractivity contribution in [2.45, 2.75) is 12.8 Å². The van der Waals surface area contributed by atoms with Crippen LogP contribution in [0.25, 0.3) is 11.0 Å². The monoisotopic (exact) mass is 350 g/mol. The van der Waals surface area contributed by atoms with Crippen LogP contribution in [0.5, 0.6) is 0 Å². The average Bonchev–Trinajstić information content (AvgIpc) is 3.02. The summed E-state index contributed by atoms with van der Waals surface area (Å²) in [5.41, 5.74) is 1.32. The predicted molar refractivity (Wildman–Crippen MR) is 97.0 cm³/mol. The third-order valence-corrected chi connectivity index (χ3v) is 4.16. The number of rotatable bonds is 10. The van der Waals surface area contributed by atoms with Crippen molar-refractivity contribution < 1.29 is 9.55 Å². The van der Waals surface area contributed by atoms with Gasteiger partial charge in [0, 0.05) is 19.7 Å². The van der Waals surface area contributed by atoms with Crippen molar-refractivity contribution in [1.29, 1.82) is 0 Å². The Hall–Kier alpha value is -2.26. The van der Waals surface area contributed by atoms with Crippen LogP contribution in [0.2, 0.25) is 0 Å². The maximum atomic E-state index is 11.0. The normalized spacial score (nSPS) is 11.6. The Morgan fingerprint density at radius 3 is 2.28 bits per heavy atom. The molecule has 0 saturated carbocycles. The van der Waals surface area contributed by atoms with Crippen molar-refractivity contribution in [3.05, 3.63) is 22.2 Å². The number of hydrogen-bond acceptors (Lipinski definition) is 8. The molecular formula is C16H26N6O3. The van der Waals surface area contributed by atoms with E-state index in [0.717, 1.165) is 44.7 Å². The topological polar surface area (TPSA) is 91.8 Å². The van der Waals surface area contributed by atoms with Gasteiger partial charge in [0.1, 0.15) is 0 Å². The van der Waals surface area contributed by atoms with E-state index in [1.165, 1.54) is 6.07 Å². The first-order valence-corrected chi connectivity index (χ1v) is 8.34. The molecule has 0 aliphatic rings. The summed E-state index contributed by atoms with van der Waals surface area (Å²) in [6.45, 7) is 3.96. The van der Waals surface area contributed by atoms with Crippen LogP contribution in [-0.2, 0) is 0 Å². The van der Waals surface area contributed by atoms with Crippen LogP contribution >= 0.6 is 0 Å².